The van der Waals surface area contributed by atoms with Crippen molar-refractivity contribution in [1.29, 1.82) is 0 Å². The number of carbonyl (C=O) groups is 1. The number of benzene rings is 1. The highest BCUT2D eigenvalue weighted by Gasteiger charge is 2.22. The Balaban J connectivity index is 1.99. The van der Waals surface area contributed by atoms with Crippen LogP contribution in [0.5, 0.6) is 0 Å². The molecule has 1 aromatic rings. The molecule has 2 atom stereocenters. The van der Waals surface area contributed by atoms with Gasteiger partial charge in [-0.2, -0.15) is 0 Å². The van der Waals surface area contributed by atoms with Gasteiger partial charge in [0.15, 0.2) is 0 Å². The first kappa shape index (κ1) is 16.0. The second-order valence-corrected chi connectivity index (χ2v) is 6.70. The van der Waals surface area contributed by atoms with Crippen molar-refractivity contribution in [3.8, 4) is 0 Å². The maximum Gasteiger partial charge on any atom is 0.222 e. The summed E-state index contributed by atoms with van der Waals surface area (Å²) in [6.07, 6.45) is 2.76. The number of hydrogen-bond acceptors (Lipinski definition) is 2. The highest BCUT2D eigenvalue weighted by molar-refractivity contribution is 5.76. The standard InChI is InChI=1S/C18H28N2O/c1-13(2)15-5-7-16(8-6-15)17(19)12-20-11-10-14(3)4-9-18(20)21/h5-8,13-14,17H,4,9-12,19H2,1-3H3. The predicted molar refractivity (Wildman–Crippen MR) is 87.1 cm³/mol. The first-order valence-corrected chi connectivity index (χ1v) is 8.10. The minimum Gasteiger partial charge on any atom is -0.341 e. The third kappa shape index (κ3) is 4.31. The molecule has 1 aliphatic rings. The maximum absolute atomic E-state index is 12.1. The number of carbonyl (C=O) groups excluding carboxylic acids is 1. The molecule has 0 radical (unpaired) electrons. The lowest BCUT2D eigenvalue weighted by atomic mass is 9.99. The summed E-state index contributed by atoms with van der Waals surface area (Å²) in [5.74, 6) is 1.43. The first-order chi connectivity index (χ1) is 9.97. The third-order valence-electron chi connectivity index (χ3n) is 4.54. The van der Waals surface area contributed by atoms with Gasteiger partial charge in [-0.25, -0.2) is 0 Å². The lowest BCUT2D eigenvalue weighted by Gasteiger charge is -2.25. The van der Waals surface area contributed by atoms with Gasteiger partial charge >= 0.3 is 0 Å². The summed E-state index contributed by atoms with van der Waals surface area (Å²) in [6.45, 7) is 8.07. The molecular weight excluding hydrogens is 260 g/mol. The van der Waals surface area contributed by atoms with E-state index in [2.05, 4.69) is 45.0 Å². The normalized spacial score (nSPS) is 21.5. The molecule has 1 aromatic carbocycles. The number of nitrogens with zero attached hydrogens (tertiary/aromatic N) is 1. The van der Waals surface area contributed by atoms with E-state index >= 15 is 0 Å². The molecule has 21 heavy (non-hydrogen) atoms. The summed E-state index contributed by atoms with van der Waals surface area (Å²) >= 11 is 0. The Morgan fingerprint density at radius 2 is 1.81 bits per heavy atom. The van der Waals surface area contributed by atoms with Crippen LogP contribution in [0, 0.1) is 5.92 Å². The fraction of sp³-hybridized carbons (Fsp3) is 0.611. The largest absolute Gasteiger partial charge is 0.341 e. The molecule has 1 fully saturated rings. The number of hydrogen-bond donors (Lipinski definition) is 1. The Morgan fingerprint density at radius 3 is 2.43 bits per heavy atom. The van der Waals surface area contributed by atoms with E-state index in [1.807, 2.05) is 4.90 Å². The van der Waals surface area contributed by atoms with E-state index < -0.39 is 0 Å². The van der Waals surface area contributed by atoms with Gasteiger partial charge in [0.2, 0.25) is 5.91 Å². The molecule has 116 valence electrons. The summed E-state index contributed by atoms with van der Waals surface area (Å²) in [7, 11) is 0. The van der Waals surface area contributed by atoms with Crippen LogP contribution in [-0.4, -0.2) is 23.9 Å². The predicted octanol–water partition coefficient (Wildman–Crippen LogP) is 3.46. The zero-order valence-electron chi connectivity index (χ0n) is 13.5. The van der Waals surface area contributed by atoms with Crippen molar-refractivity contribution in [3.63, 3.8) is 0 Å². The Bertz CT molecular complexity index is 467. The molecule has 0 bridgehead atoms. The third-order valence-corrected chi connectivity index (χ3v) is 4.54. The van der Waals surface area contributed by atoms with Gasteiger partial charge in [0.05, 0.1) is 0 Å². The zero-order valence-corrected chi connectivity index (χ0v) is 13.5. The first-order valence-electron chi connectivity index (χ1n) is 8.10. The van der Waals surface area contributed by atoms with Crippen molar-refractivity contribution >= 4 is 5.91 Å². The number of rotatable bonds is 4. The summed E-state index contributed by atoms with van der Waals surface area (Å²) in [4.78, 5) is 14.1. The molecule has 0 spiro atoms. The molecule has 2 N–H and O–H groups in total. The van der Waals surface area contributed by atoms with Crippen LogP contribution in [0.2, 0.25) is 0 Å². The number of likely N-dealkylation sites (tertiary alicyclic amines) is 1. The van der Waals surface area contributed by atoms with Gasteiger partial charge in [-0.15, -0.1) is 0 Å². The van der Waals surface area contributed by atoms with Crippen LogP contribution in [0.25, 0.3) is 0 Å². The molecule has 3 nitrogen and oxygen atoms in total. The molecule has 3 heteroatoms. The lowest BCUT2D eigenvalue weighted by Crippen LogP contribution is -2.36. The van der Waals surface area contributed by atoms with Crippen molar-refractivity contribution < 1.29 is 4.79 Å². The van der Waals surface area contributed by atoms with Crippen LogP contribution < -0.4 is 5.73 Å². The minimum atomic E-state index is -0.0939. The fourth-order valence-electron chi connectivity index (χ4n) is 2.84. The van der Waals surface area contributed by atoms with E-state index in [1.54, 1.807) is 0 Å². The lowest BCUT2D eigenvalue weighted by molar-refractivity contribution is -0.130. The Labute approximate surface area is 128 Å². The quantitative estimate of drug-likeness (QED) is 0.922. The van der Waals surface area contributed by atoms with Crippen molar-refractivity contribution in [2.45, 2.75) is 52.0 Å². The van der Waals surface area contributed by atoms with Gasteiger partial charge in [-0.1, -0.05) is 45.0 Å². The van der Waals surface area contributed by atoms with Crippen molar-refractivity contribution in [1.82, 2.24) is 4.90 Å². The van der Waals surface area contributed by atoms with Gasteiger partial charge < -0.3 is 10.6 Å². The number of nitrogens with two attached hydrogens (primary N) is 1. The summed E-state index contributed by atoms with van der Waals surface area (Å²) in [5.41, 5.74) is 8.75. The van der Waals surface area contributed by atoms with Crippen LogP contribution in [0.4, 0.5) is 0 Å². The van der Waals surface area contributed by atoms with E-state index in [1.165, 1.54) is 5.56 Å². The van der Waals surface area contributed by atoms with Crippen molar-refractivity contribution in [3.05, 3.63) is 35.4 Å². The molecule has 1 aliphatic heterocycles. The second-order valence-electron chi connectivity index (χ2n) is 6.70. The van der Waals surface area contributed by atoms with E-state index in [4.69, 9.17) is 5.73 Å². The topological polar surface area (TPSA) is 46.3 Å². The molecule has 0 aromatic heterocycles. The summed E-state index contributed by atoms with van der Waals surface area (Å²) in [5, 5.41) is 0. The van der Waals surface area contributed by atoms with Gasteiger partial charge in [0, 0.05) is 25.6 Å². The summed E-state index contributed by atoms with van der Waals surface area (Å²) < 4.78 is 0. The molecule has 1 heterocycles. The maximum atomic E-state index is 12.1. The Hall–Kier alpha value is -1.35. The Kier molecular flexibility index (Phi) is 5.40. The van der Waals surface area contributed by atoms with Gasteiger partial charge in [0.25, 0.3) is 0 Å². The van der Waals surface area contributed by atoms with E-state index in [9.17, 15) is 4.79 Å². The van der Waals surface area contributed by atoms with Gasteiger partial charge in [0.1, 0.15) is 0 Å². The number of amides is 1. The monoisotopic (exact) mass is 288 g/mol. The molecule has 0 saturated carbocycles. The summed E-state index contributed by atoms with van der Waals surface area (Å²) in [6, 6.07) is 8.40. The van der Waals surface area contributed by atoms with Crippen LogP contribution in [0.3, 0.4) is 0 Å². The Morgan fingerprint density at radius 1 is 1.19 bits per heavy atom. The van der Waals surface area contributed by atoms with Crippen molar-refractivity contribution in [2.24, 2.45) is 11.7 Å². The SMILES string of the molecule is CC1CCC(=O)N(CC(N)c2ccc(C(C)C)cc2)CC1. The smallest absolute Gasteiger partial charge is 0.222 e. The van der Waals surface area contributed by atoms with E-state index in [0.717, 1.165) is 24.9 Å². The van der Waals surface area contributed by atoms with Crippen molar-refractivity contribution in [2.75, 3.05) is 13.1 Å². The zero-order chi connectivity index (χ0) is 15.4. The van der Waals surface area contributed by atoms with Crippen LogP contribution in [-0.2, 0) is 4.79 Å². The molecule has 1 amide bonds. The molecule has 0 aliphatic carbocycles. The molecule has 2 rings (SSSR count). The van der Waals surface area contributed by atoms with Gasteiger partial charge in [-0.05, 0) is 35.8 Å². The average molecular weight is 288 g/mol. The van der Waals surface area contributed by atoms with Gasteiger partial charge in [-0.3, -0.25) is 4.79 Å². The fourth-order valence-corrected chi connectivity index (χ4v) is 2.84. The van der Waals surface area contributed by atoms with E-state index in [-0.39, 0.29) is 11.9 Å². The van der Waals surface area contributed by atoms with Crippen LogP contribution in [0.1, 0.15) is 63.1 Å². The van der Waals surface area contributed by atoms with Crippen LogP contribution in [0.15, 0.2) is 24.3 Å². The molecule has 2 unspecified atom stereocenters. The second kappa shape index (κ2) is 7.08. The highest BCUT2D eigenvalue weighted by atomic mass is 16.2. The average Bonchev–Trinajstić information content (AvgIpc) is 2.63. The van der Waals surface area contributed by atoms with Crippen LogP contribution >= 0.6 is 0 Å². The van der Waals surface area contributed by atoms with E-state index in [0.29, 0.717) is 24.8 Å². The minimum absolute atomic E-state index is 0.0939. The highest BCUT2D eigenvalue weighted by Crippen LogP contribution is 2.21. The molecular formula is C18H28N2O. The molecule has 1 saturated heterocycles.